The molecule has 0 unspecified atom stereocenters. The van der Waals surface area contributed by atoms with Crippen molar-refractivity contribution in [3.05, 3.63) is 60.4 Å². The number of urea groups is 1. The molecule has 1 aromatic carbocycles. The third kappa shape index (κ3) is 5.87. The largest absolute Gasteiger partial charge is 0.337 e. The molecule has 1 aromatic heterocycles. The van der Waals surface area contributed by atoms with Gasteiger partial charge in [0.1, 0.15) is 0 Å². The zero-order valence-corrected chi connectivity index (χ0v) is 12.8. The van der Waals surface area contributed by atoms with E-state index in [4.69, 9.17) is 0 Å². The summed E-state index contributed by atoms with van der Waals surface area (Å²) in [5.74, 6) is 0. The average Bonchev–Trinajstić information content (AvgIpc) is 2.53. The number of thioether (sulfide) groups is 1. The molecular formula is C16H19N3OS. The summed E-state index contributed by atoms with van der Waals surface area (Å²) in [6, 6.07) is 13.8. The maximum absolute atomic E-state index is 11.7. The van der Waals surface area contributed by atoms with Crippen LogP contribution in [0.15, 0.2) is 59.8 Å². The molecule has 0 saturated carbocycles. The Morgan fingerprint density at radius 1 is 1.19 bits per heavy atom. The van der Waals surface area contributed by atoms with E-state index in [1.807, 2.05) is 30.3 Å². The molecule has 0 saturated heterocycles. The van der Waals surface area contributed by atoms with Crippen molar-refractivity contribution in [3.63, 3.8) is 0 Å². The zero-order chi connectivity index (χ0) is 14.9. The number of nitrogens with zero attached hydrogens (tertiary/aromatic N) is 1. The van der Waals surface area contributed by atoms with E-state index in [0.717, 1.165) is 5.56 Å². The van der Waals surface area contributed by atoms with Gasteiger partial charge in [0.2, 0.25) is 0 Å². The summed E-state index contributed by atoms with van der Waals surface area (Å²) in [6.07, 6.45) is 3.46. The fourth-order valence-corrected chi connectivity index (χ4v) is 2.70. The smallest absolute Gasteiger partial charge is 0.315 e. The number of hydrogen-bond donors (Lipinski definition) is 2. The fourth-order valence-electron chi connectivity index (χ4n) is 1.76. The Labute approximate surface area is 129 Å². The van der Waals surface area contributed by atoms with Crippen molar-refractivity contribution >= 4 is 17.8 Å². The number of benzene rings is 1. The number of carbonyl (C=O) groups excluding carboxylic acids is 1. The van der Waals surface area contributed by atoms with Crippen molar-refractivity contribution in [2.45, 2.75) is 23.6 Å². The third-order valence-corrected chi connectivity index (χ3v) is 3.92. The van der Waals surface area contributed by atoms with Gasteiger partial charge in [-0.05, 0) is 23.8 Å². The molecule has 0 radical (unpaired) electrons. The highest BCUT2D eigenvalue weighted by atomic mass is 32.2. The van der Waals surface area contributed by atoms with Crippen LogP contribution in [0.25, 0.3) is 0 Å². The summed E-state index contributed by atoms with van der Waals surface area (Å²) in [7, 11) is 0. The van der Waals surface area contributed by atoms with E-state index in [0.29, 0.717) is 18.3 Å². The first-order valence-electron chi connectivity index (χ1n) is 6.86. The monoisotopic (exact) mass is 301 g/mol. The second-order valence-electron chi connectivity index (χ2n) is 4.67. The minimum Gasteiger partial charge on any atom is -0.337 e. The lowest BCUT2D eigenvalue weighted by molar-refractivity contribution is 0.240. The van der Waals surface area contributed by atoms with Crippen LogP contribution in [-0.2, 0) is 6.54 Å². The Balaban J connectivity index is 1.66. The van der Waals surface area contributed by atoms with Crippen LogP contribution in [0.1, 0.15) is 12.5 Å². The molecule has 2 N–H and O–H groups in total. The minimum absolute atomic E-state index is 0.153. The zero-order valence-electron chi connectivity index (χ0n) is 12.0. The molecule has 0 aliphatic carbocycles. The van der Waals surface area contributed by atoms with Crippen LogP contribution in [-0.4, -0.2) is 22.8 Å². The average molecular weight is 301 g/mol. The van der Waals surface area contributed by atoms with E-state index in [1.165, 1.54) is 4.90 Å². The van der Waals surface area contributed by atoms with Crippen molar-refractivity contribution < 1.29 is 4.79 Å². The van der Waals surface area contributed by atoms with Crippen molar-refractivity contribution in [3.8, 4) is 0 Å². The SMILES string of the molecule is C[C@@H](CNC(=O)NCc1cccnc1)Sc1ccccc1. The van der Waals surface area contributed by atoms with Gasteiger partial charge in [0.25, 0.3) is 0 Å². The van der Waals surface area contributed by atoms with Gasteiger partial charge in [-0.3, -0.25) is 4.98 Å². The molecule has 110 valence electrons. The molecule has 2 aromatic rings. The number of amides is 2. The number of nitrogens with one attached hydrogen (secondary N) is 2. The van der Waals surface area contributed by atoms with E-state index in [9.17, 15) is 4.79 Å². The van der Waals surface area contributed by atoms with Crippen LogP contribution in [0, 0.1) is 0 Å². The molecule has 2 amide bonds. The molecule has 0 aliphatic rings. The summed E-state index contributed by atoms with van der Waals surface area (Å²) in [5.41, 5.74) is 0.986. The highest BCUT2D eigenvalue weighted by molar-refractivity contribution is 8.00. The molecule has 2 rings (SSSR count). The molecular weight excluding hydrogens is 282 g/mol. The predicted octanol–water partition coefficient (Wildman–Crippen LogP) is 3.06. The lowest BCUT2D eigenvalue weighted by Gasteiger charge is -2.13. The first kappa shape index (κ1) is 15.4. The summed E-state index contributed by atoms with van der Waals surface area (Å²) < 4.78 is 0. The van der Waals surface area contributed by atoms with Crippen LogP contribution in [0.2, 0.25) is 0 Å². The van der Waals surface area contributed by atoms with Crippen molar-refractivity contribution in [1.82, 2.24) is 15.6 Å². The van der Waals surface area contributed by atoms with Gasteiger partial charge in [0.05, 0.1) is 0 Å². The van der Waals surface area contributed by atoms with Crippen molar-refractivity contribution in [2.24, 2.45) is 0 Å². The molecule has 0 bridgehead atoms. The van der Waals surface area contributed by atoms with Crippen LogP contribution in [0.3, 0.4) is 0 Å². The number of hydrogen-bond acceptors (Lipinski definition) is 3. The molecule has 0 aliphatic heterocycles. The fraction of sp³-hybridized carbons (Fsp3) is 0.250. The highest BCUT2D eigenvalue weighted by Crippen LogP contribution is 2.21. The standard InChI is InChI=1S/C16H19N3OS/c1-13(21-15-7-3-2-4-8-15)10-18-16(20)19-12-14-6-5-9-17-11-14/h2-9,11,13H,10,12H2,1H3,(H2,18,19,20)/t13-/m0/s1. The number of aromatic nitrogens is 1. The predicted molar refractivity (Wildman–Crippen MR) is 86.2 cm³/mol. The van der Waals surface area contributed by atoms with Gasteiger partial charge in [-0.15, -0.1) is 11.8 Å². The van der Waals surface area contributed by atoms with E-state index < -0.39 is 0 Å². The topological polar surface area (TPSA) is 54.0 Å². The van der Waals surface area contributed by atoms with Crippen LogP contribution in [0.5, 0.6) is 0 Å². The molecule has 0 fully saturated rings. The van der Waals surface area contributed by atoms with Crippen LogP contribution >= 0.6 is 11.8 Å². The summed E-state index contributed by atoms with van der Waals surface area (Å²) >= 11 is 1.75. The summed E-state index contributed by atoms with van der Waals surface area (Å²) in [6.45, 7) is 3.21. The number of rotatable bonds is 6. The van der Waals surface area contributed by atoms with Crippen LogP contribution in [0.4, 0.5) is 4.79 Å². The molecule has 0 spiro atoms. The van der Waals surface area contributed by atoms with E-state index in [2.05, 4.69) is 34.7 Å². The van der Waals surface area contributed by atoms with E-state index >= 15 is 0 Å². The molecule has 1 atom stereocenters. The third-order valence-electron chi connectivity index (χ3n) is 2.81. The Hall–Kier alpha value is -2.01. The molecule has 21 heavy (non-hydrogen) atoms. The van der Waals surface area contributed by atoms with E-state index in [1.54, 1.807) is 24.2 Å². The lowest BCUT2D eigenvalue weighted by atomic mass is 10.3. The summed E-state index contributed by atoms with van der Waals surface area (Å²) in [4.78, 5) is 16.9. The maximum atomic E-state index is 11.7. The number of pyridine rings is 1. The van der Waals surface area contributed by atoms with Gasteiger partial charge in [-0.1, -0.05) is 31.2 Å². The number of carbonyl (C=O) groups is 1. The second-order valence-corrected chi connectivity index (χ2v) is 6.18. The highest BCUT2D eigenvalue weighted by Gasteiger charge is 2.06. The molecule has 5 heteroatoms. The Kier molecular flexibility index (Phi) is 6.09. The Morgan fingerprint density at radius 2 is 2.00 bits per heavy atom. The van der Waals surface area contributed by atoms with Gasteiger partial charge in [-0.25, -0.2) is 4.79 Å². The molecule has 4 nitrogen and oxygen atoms in total. The first-order chi connectivity index (χ1) is 10.2. The van der Waals surface area contributed by atoms with Gasteiger partial charge in [-0.2, -0.15) is 0 Å². The summed E-state index contributed by atoms with van der Waals surface area (Å²) in [5, 5.41) is 6.02. The van der Waals surface area contributed by atoms with Gasteiger partial charge >= 0.3 is 6.03 Å². The Bertz CT molecular complexity index is 548. The first-order valence-corrected chi connectivity index (χ1v) is 7.74. The van der Waals surface area contributed by atoms with Gasteiger partial charge < -0.3 is 10.6 Å². The minimum atomic E-state index is -0.153. The second kappa shape index (κ2) is 8.32. The lowest BCUT2D eigenvalue weighted by Crippen LogP contribution is -2.38. The van der Waals surface area contributed by atoms with Gasteiger partial charge in [0.15, 0.2) is 0 Å². The van der Waals surface area contributed by atoms with Crippen molar-refractivity contribution in [2.75, 3.05) is 6.54 Å². The normalized spacial score (nSPS) is 11.7. The maximum Gasteiger partial charge on any atom is 0.315 e. The van der Waals surface area contributed by atoms with E-state index in [-0.39, 0.29) is 6.03 Å². The van der Waals surface area contributed by atoms with Gasteiger partial charge in [0, 0.05) is 35.6 Å². The van der Waals surface area contributed by atoms with Crippen LogP contribution < -0.4 is 10.6 Å². The molecule has 1 heterocycles. The van der Waals surface area contributed by atoms with Crippen molar-refractivity contribution in [1.29, 1.82) is 0 Å². The quantitative estimate of drug-likeness (QED) is 0.806. The Morgan fingerprint density at radius 3 is 2.71 bits per heavy atom.